The molecule has 1 N–H and O–H groups in total. The number of halogens is 5. The largest absolute Gasteiger partial charge is 0.446 e. The summed E-state index contributed by atoms with van der Waals surface area (Å²) >= 11 is -0.319. The zero-order valence-corrected chi connectivity index (χ0v) is 18.7. The summed E-state index contributed by atoms with van der Waals surface area (Å²) in [6, 6.07) is 7.74. The maximum atomic E-state index is 15.0. The van der Waals surface area contributed by atoms with Gasteiger partial charge in [0.05, 0.1) is 5.56 Å². The van der Waals surface area contributed by atoms with Crippen molar-refractivity contribution >= 4 is 23.4 Å². The van der Waals surface area contributed by atoms with Crippen LogP contribution in [0.15, 0.2) is 58.8 Å². The van der Waals surface area contributed by atoms with E-state index in [0.29, 0.717) is 0 Å². The fourth-order valence-corrected chi connectivity index (χ4v) is 3.14. The smallest absolute Gasteiger partial charge is 0.436 e. The minimum atomic E-state index is -4.46. The second-order valence-electron chi connectivity index (χ2n) is 6.36. The van der Waals surface area contributed by atoms with E-state index in [1.165, 1.54) is 32.4 Å². The second kappa shape index (κ2) is 11.0. The first-order valence-electron chi connectivity index (χ1n) is 9.46. The molecule has 0 aliphatic heterocycles. The van der Waals surface area contributed by atoms with Gasteiger partial charge in [0.2, 0.25) is 5.82 Å². The van der Waals surface area contributed by atoms with E-state index in [1.54, 1.807) is 0 Å². The van der Waals surface area contributed by atoms with Crippen molar-refractivity contribution < 1.29 is 41.1 Å². The molecule has 1 aromatic heterocycles. The van der Waals surface area contributed by atoms with Gasteiger partial charge in [-0.05, 0) is 48.2 Å². The molecule has 0 aliphatic carbocycles. The van der Waals surface area contributed by atoms with Crippen LogP contribution in [0.25, 0.3) is 0 Å². The molecule has 14 heteroatoms. The monoisotopic (exact) mass is 514 g/mol. The third-order valence-corrected chi connectivity index (χ3v) is 4.77. The molecule has 0 unspecified atom stereocenters. The number of benzene rings is 2. The van der Waals surface area contributed by atoms with Gasteiger partial charge in [0.1, 0.15) is 30.8 Å². The molecule has 0 bridgehead atoms. The fraction of sp³-hybridized carbons (Fsp3) is 0.143. The number of nitrogens with one attached hydrogen (secondary N) is 1. The standard InChI is InChI=1S/C21H15F5N4O4S/c1-27-18(31)17(30-32-2)14-8-3-11(22)9-15(14)34-20-16(23)19(28-10-29-20)33-12-4-6-13(7-5-12)35-21(24,25)26/h3-10H,1-2H3,(H,27,31)/b30-17+. The number of carbonyl (C=O) groups is 1. The van der Waals surface area contributed by atoms with Crippen LogP contribution in [0.3, 0.4) is 0 Å². The third-order valence-electron chi connectivity index (χ3n) is 4.03. The van der Waals surface area contributed by atoms with Gasteiger partial charge in [-0.2, -0.15) is 27.5 Å². The Kier molecular flexibility index (Phi) is 8.06. The lowest BCUT2D eigenvalue weighted by Gasteiger charge is -2.13. The third kappa shape index (κ3) is 6.79. The Morgan fingerprint density at radius 3 is 2.29 bits per heavy atom. The molecule has 2 aromatic carbocycles. The van der Waals surface area contributed by atoms with E-state index in [-0.39, 0.29) is 39.4 Å². The Hall–Kier alpha value is -3.94. The second-order valence-corrected chi connectivity index (χ2v) is 7.50. The van der Waals surface area contributed by atoms with Gasteiger partial charge in [0.25, 0.3) is 17.7 Å². The maximum Gasteiger partial charge on any atom is 0.446 e. The van der Waals surface area contributed by atoms with Gasteiger partial charge in [-0.1, -0.05) is 5.16 Å². The van der Waals surface area contributed by atoms with Crippen LogP contribution in [0.1, 0.15) is 5.56 Å². The summed E-state index contributed by atoms with van der Waals surface area (Å²) in [7, 11) is 2.52. The molecule has 184 valence electrons. The number of hydrogen-bond donors (Lipinski definition) is 1. The van der Waals surface area contributed by atoms with Crippen LogP contribution in [0, 0.1) is 11.6 Å². The number of aromatic nitrogens is 2. The highest BCUT2D eigenvalue weighted by Gasteiger charge is 2.29. The molecule has 1 heterocycles. The van der Waals surface area contributed by atoms with Crippen molar-refractivity contribution in [3.05, 3.63) is 66.0 Å². The van der Waals surface area contributed by atoms with Gasteiger partial charge >= 0.3 is 5.51 Å². The zero-order valence-electron chi connectivity index (χ0n) is 17.9. The minimum absolute atomic E-state index is 0.0133. The van der Waals surface area contributed by atoms with Crippen molar-refractivity contribution in [3.8, 4) is 23.3 Å². The summed E-state index contributed by atoms with van der Waals surface area (Å²) < 4.78 is 77.0. The number of nitrogens with zero attached hydrogens (tertiary/aromatic N) is 3. The molecule has 0 radical (unpaired) electrons. The van der Waals surface area contributed by atoms with Crippen LogP contribution in [-0.2, 0) is 9.63 Å². The van der Waals surface area contributed by atoms with E-state index >= 15 is 0 Å². The quantitative estimate of drug-likeness (QED) is 0.195. The van der Waals surface area contributed by atoms with Gasteiger partial charge in [-0.15, -0.1) is 0 Å². The van der Waals surface area contributed by atoms with Gasteiger partial charge < -0.3 is 19.6 Å². The average molecular weight is 514 g/mol. The van der Waals surface area contributed by atoms with Gasteiger partial charge in [-0.3, -0.25) is 4.79 Å². The van der Waals surface area contributed by atoms with Crippen molar-refractivity contribution in [1.29, 1.82) is 0 Å². The van der Waals surface area contributed by atoms with E-state index in [9.17, 15) is 26.7 Å². The molecule has 0 saturated carbocycles. The van der Waals surface area contributed by atoms with Crippen molar-refractivity contribution in [3.63, 3.8) is 0 Å². The number of oxime groups is 1. The number of alkyl halides is 3. The molecule has 3 rings (SSSR count). The van der Waals surface area contributed by atoms with E-state index in [4.69, 9.17) is 9.47 Å². The molecular formula is C21H15F5N4O4S. The highest BCUT2D eigenvalue weighted by molar-refractivity contribution is 8.00. The predicted molar refractivity (Wildman–Crippen MR) is 115 cm³/mol. The van der Waals surface area contributed by atoms with E-state index in [0.717, 1.165) is 30.6 Å². The average Bonchev–Trinajstić information content (AvgIpc) is 2.80. The number of carbonyl (C=O) groups excluding carboxylic acids is 1. The Labute approximate surface area is 199 Å². The molecule has 35 heavy (non-hydrogen) atoms. The van der Waals surface area contributed by atoms with Crippen LogP contribution >= 0.6 is 11.8 Å². The van der Waals surface area contributed by atoms with Crippen molar-refractivity contribution in [1.82, 2.24) is 15.3 Å². The summed E-state index contributed by atoms with van der Waals surface area (Å²) in [5.74, 6) is -4.27. The van der Waals surface area contributed by atoms with Crippen molar-refractivity contribution in [2.45, 2.75) is 10.4 Å². The Morgan fingerprint density at radius 2 is 1.69 bits per heavy atom. The molecule has 0 atom stereocenters. The lowest BCUT2D eigenvalue weighted by Crippen LogP contribution is -2.29. The Morgan fingerprint density at radius 1 is 1.03 bits per heavy atom. The van der Waals surface area contributed by atoms with Crippen molar-refractivity contribution in [2.24, 2.45) is 5.16 Å². The lowest BCUT2D eigenvalue weighted by molar-refractivity contribution is -0.114. The van der Waals surface area contributed by atoms with Gasteiger partial charge in [-0.25, -0.2) is 4.39 Å². The SMILES string of the molecule is CNC(=O)/C(=N/OC)c1ccc(F)cc1Oc1ncnc(Oc2ccc(SC(F)(F)F)cc2)c1F. The molecule has 1 amide bonds. The number of likely N-dealkylation sites (N-methyl/N-ethyl adjacent to an activating group) is 1. The summed E-state index contributed by atoms with van der Waals surface area (Å²) in [6.45, 7) is 0. The van der Waals surface area contributed by atoms with Crippen LogP contribution < -0.4 is 14.8 Å². The zero-order chi connectivity index (χ0) is 25.6. The molecule has 0 aliphatic rings. The van der Waals surface area contributed by atoms with Gasteiger partial charge in [0, 0.05) is 18.0 Å². The molecular weight excluding hydrogens is 499 g/mol. The highest BCUT2D eigenvalue weighted by Crippen LogP contribution is 2.38. The molecule has 0 fully saturated rings. The molecule has 3 aromatic rings. The first-order chi connectivity index (χ1) is 16.6. The van der Waals surface area contributed by atoms with Crippen LogP contribution in [0.4, 0.5) is 22.0 Å². The maximum absolute atomic E-state index is 15.0. The van der Waals surface area contributed by atoms with Crippen LogP contribution in [0.2, 0.25) is 0 Å². The summed E-state index contributed by atoms with van der Waals surface area (Å²) in [5, 5.41) is 5.94. The van der Waals surface area contributed by atoms with E-state index < -0.39 is 34.8 Å². The highest BCUT2D eigenvalue weighted by atomic mass is 32.2. The first-order valence-corrected chi connectivity index (χ1v) is 10.3. The predicted octanol–water partition coefficient (Wildman–Crippen LogP) is 5.05. The summed E-state index contributed by atoms with van der Waals surface area (Å²) in [5.41, 5.74) is -4.78. The molecule has 0 spiro atoms. The normalized spacial score (nSPS) is 11.7. The molecule has 0 saturated heterocycles. The number of amides is 1. The van der Waals surface area contributed by atoms with Crippen molar-refractivity contribution in [2.75, 3.05) is 14.2 Å². The Balaban J connectivity index is 1.89. The Bertz CT molecular complexity index is 1240. The lowest BCUT2D eigenvalue weighted by atomic mass is 10.1. The van der Waals surface area contributed by atoms with Gasteiger partial charge in [0.15, 0.2) is 5.71 Å². The van der Waals surface area contributed by atoms with E-state index in [1.807, 2.05) is 0 Å². The topological polar surface area (TPSA) is 94.9 Å². The summed E-state index contributed by atoms with van der Waals surface area (Å²) in [6.07, 6.45) is 0.892. The number of hydrogen-bond acceptors (Lipinski definition) is 8. The van der Waals surface area contributed by atoms with Crippen LogP contribution in [-0.4, -0.2) is 41.3 Å². The first kappa shape index (κ1) is 25.7. The number of rotatable bonds is 8. The minimum Gasteiger partial charge on any atom is -0.436 e. The number of ether oxygens (including phenoxy) is 2. The number of thioether (sulfide) groups is 1. The van der Waals surface area contributed by atoms with Crippen LogP contribution in [0.5, 0.6) is 23.3 Å². The molecule has 8 nitrogen and oxygen atoms in total. The summed E-state index contributed by atoms with van der Waals surface area (Å²) in [4.78, 5) is 24.0. The fourth-order valence-electron chi connectivity index (χ4n) is 2.60. The van der Waals surface area contributed by atoms with E-state index in [2.05, 4.69) is 25.3 Å².